The van der Waals surface area contributed by atoms with Gasteiger partial charge in [-0.25, -0.2) is 0 Å². The van der Waals surface area contributed by atoms with Gasteiger partial charge in [0.2, 0.25) is 5.91 Å². The van der Waals surface area contributed by atoms with Crippen molar-refractivity contribution < 1.29 is 9.59 Å². The van der Waals surface area contributed by atoms with Gasteiger partial charge in [-0.1, -0.05) is 37.8 Å². The average Bonchev–Trinajstić information content (AvgIpc) is 2.85. The smallest absolute Gasteiger partial charge is 0.224 e. The minimum absolute atomic E-state index is 0.190. The topological polar surface area (TPSA) is 75.4 Å². The van der Waals surface area contributed by atoms with Crippen LogP contribution in [0.15, 0.2) is 24.3 Å². The van der Waals surface area contributed by atoms with Crippen LogP contribution in [0.4, 0.5) is 5.69 Å². The molecule has 0 atom stereocenters. The lowest BCUT2D eigenvalue weighted by atomic mass is 9.87. The van der Waals surface area contributed by atoms with Gasteiger partial charge < -0.3 is 20.7 Å². The van der Waals surface area contributed by atoms with Crippen LogP contribution >= 0.6 is 0 Å². The van der Waals surface area contributed by atoms with Crippen LogP contribution in [0.5, 0.6) is 0 Å². The Hall–Kier alpha value is -1.72. The fourth-order valence-corrected chi connectivity index (χ4v) is 5.42. The van der Waals surface area contributed by atoms with Gasteiger partial charge in [0.05, 0.1) is 0 Å². The van der Waals surface area contributed by atoms with E-state index in [0.29, 0.717) is 24.3 Å². The molecule has 2 saturated carbocycles. The fourth-order valence-electron chi connectivity index (χ4n) is 5.42. The van der Waals surface area contributed by atoms with Crippen LogP contribution in [-0.4, -0.2) is 42.8 Å². The zero-order valence-electron chi connectivity index (χ0n) is 20.5. The third-order valence-corrected chi connectivity index (χ3v) is 7.58. The van der Waals surface area contributed by atoms with Gasteiger partial charge in [-0.2, -0.15) is 0 Å². The normalized spacial score (nSPS) is 24.4. The second-order valence-corrected chi connectivity index (χ2v) is 10.4. The SMILES string of the molecule is NC1CCC(C=O)CC1.O=C(CC1CCCCC1)Nc1cccc(CCN2CCCCC2)c1. The first kappa shape index (κ1) is 25.9. The molecule has 5 nitrogen and oxygen atoms in total. The summed E-state index contributed by atoms with van der Waals surface area (Å²) in [5, 5.41) is 3.12. The van der Waals surface area contributed by atoms with Crippen LogP contribution in [0, 0.1) is 11.8 Å². The summed E-state index contributed by atoms with van der Waals surface area (Å²) in [5.41, 5.74) is 7.93. The molecule has 0 spiro atoms. The maximum atomic E-state index is 12.3. The molecule has 1 aromatic rings. The molecule has 0 aromatic heterocycles. The zero-order chi connectivity index (χ0) is 23.3. The predicted molar refractivity (Wildman–Crippen MR) is 136 cm³/mol. The summed E-state index contributed by atoms with van der Waals surface area (Å²) in [6, 6.07) is 8.79. The highest BCUT2D eigenvalue weighted by Gasteiger charge is 2.18. The van der Waals surface area contributed by atoms with Crippen molar-refractivity contribution in [3.8, 4) is 0 Å². The number of nitrogens with two attached hydrogens (primary N) is 1. The second-order valence-electron chi connectivity index (χ2n) is 10.4. The molecule has 1 aromatic carbocycles. The molecule has 5 heteroatoms. The summed E-state index contributed by atoms with van der Waals surface area (Å²) in [6.45, 7) is 3.63. The highest BCUT2D eigenvalue weighted by Crippen LogP contribution is 2.26. The van der Waals surface area contributed by atoms with Gasteiger partial charge in [-0.05, 0) is 94.5 Å². The first-order valence-electron chi connectivity index (χ1n) is 13.4. The Kier molecular flexibility index (Phi) is 11.4. The molecular weight excluding hydrogens is 410 g/mol. The van der Waals surface area contributed by atoms with Gasteiger partial charge in [0.1, 0.15) is 6.29 Å². The molecule has 3 N–H and O–H groups in total. The Morgan fingerprint density at radius 2 is 1.67 bits per heavy atom. The van der Waals surface area contributed by atoms with E-state index in [9.17, 15) is 9.59 Å². The van der Waals surface area contributed by atoms with Crippen molar-refractivity contribution >= 4 is 17.9 Å². The summed E-state index contributed by atoms with van der Waals surface area (Å²) in [4.78, 5) is 25.1. The molecule has 33 heavy (non-hydrogen) atoms. The monoisotopic (exact) mass is 455 g/mol. The van der Waals surface area contributed by atoms with Crippen molar-refractivity contribution in [2.24, 2.45) is 17.6 Å². The highest BCUT2D eigenvalue weighted by molar-refractivity contribution is 5.90. The number of nitrogens with one attached hydrogen (secondary N) is 1. The lowest BCUT2D eigenvalue weighted by molar-refractivity contribution is -0.117. The minimum Gasteiger partial charge on any atom is -0.328 e. The molecule has 1 saturated heterocycles. The minimum atomic E-state index is 0.190. The standard InChI is InChI=1S/C21H32N2O.C7H13NO/c24-21(17-18-8-3-1-4-9-18)22-20-11-7-10-19(16-20)12-15-23-13-5-2-6-14-23;8-7-3-1-6(5-9)2-4-7/h7,10-11,16,18H,1-6,8-9,12-15,17H2,(H,22,24);5-7H,1-4,8H2. The number of nitrogens with zero attached hydrogens (tertiary/aromatic N) is 1. The van der Waals surface area contributed by atoms with Crippen LogP contribution < -0.4 is 11.1 Å². The number of aldehydes is 1. The Morgan fingerprint density at radius 3 is 2.36 bits per heavy atom. The first-order valence-corrected chi connectivity index (χ1v) is 13.4. The molecule has 3 fully saturated rings. The maximum Gasteiger partial charge on any atom is 0.224 e. The number of carbonyl (C=O) groups is 2. The van der Waals surface area contributed by atoms with Gasteiger partial charge in [0.15, 0.2) is 0 Å². The molecule has 1 aliphatic heterocycles. The van der Waals surface area contributed by atoms with Crippen LogP contribution in [0.2, 0.25) is 0 Å². The van der Waals surface area contributed by atoms with Gasteiger partial charge in [0.25, 0.3) is 0 Å². The van der Waals surface area contributed by atoms with E-state index in [0.717, 1.165) is 50.6 Å². The largest absolute Gasteiger partial charge is 0.328 e. The summed E-state index contributed by atoms with van der Waals surface area (Å²) in [5.74, 6) is 1.10. The van der Waals surface area contributed by atoms with E-state index in [4.69, 9.17) is 5.73 Å². The third-order valence-electron chi connectivity index (χ3n) is 7.58. The van der Waals surface area contributed by atoms with Gasteiger partial charge in [0, 0.05) is 30.6 Å². The van der Waals surface area contributed by atoms with Crippen molar-refractivity contribution in [1.82, 2.24) is 4.90 Å². The quantitative estimate of drug-likeness (QED) is 0.545. The van der Waals surface area contributed by atoms with Crippen LogP contribution in [0.1, 0.15) is 89.0 Å². The summed E-state index contributed by atoms with van der Waals surface area (Å²) < 4.78 is 0. The Bertz CT molecular complexity index is 703. The van der Waals surface area contributed by atoms with E-state index >= 15 is 0 Å². The molecule has 0 bridgehead atoms. The molecule has 0 radical (unpaired) electrons. The second kappa shape index (κ2) is 14.5. The molecule has 3 aliphatic rings. The number of hydrogen-bond donors (Lipinski definition) is 2. The molecule has 184 valence electrons. The van der Waals surface area contributed by atoms with Gasteiger partial charge in [-0.3, -0.25) is 4.79 Å². The summed E-state index contributed by atoms with van der Waals surface area (Å²) in [6.07, 6.45) is 17.4. The molecule has 4 rings (SSSR count). The predicted octanol–water partition coefficient (Wildman–Crippen LogP) is 5.33. The van der Waals surface area contributed by atoms with Crippen LogP contribution in [-0.2, 0) is 16.0 Å². The Balaban J connectivity index is 0.000000286. The van der Waals surface area contributed by atoms with Crippen molar-refractivity contribution in [1.29, 1.82) is 0 Å². The first-order chi connectivity index (χ1) is 16.1. The van der Waals surface area contributed by atoms with E-state index in [-0.39, 0.29) is 5.91 Å². The van der Waals surface area contributed by atoms with E-state index in [2.05, 4.69) is 28.4 Å². The molecule has 0 unspecified atom stereocenters. The molecule has 1 amide bonds. The third kappa shape index (κ3) is 9.97. The fraction of sp³-hybridized carbons (Fsp3) is 0.714. The number of carbonyl (C=O) groups excluding carboxylic acids is 2. The average molecular weight is 456 g/mol. The van der Waals surface area contributed by atoms with E-state index in [1.807, 2.05) is 6.07 Å². The molecule has 2 aliphatic carbocycles. The number of rotatable bonds is 7. The maximum absolute atomic E-state index is 12.3. The Labute approximate surface area is 200 Å². The summed E-state index contributed by atoms with van der Waals surface area (Å²) >= 11 is 0. The highest BCUT2D eigenvalue weighted by atomic mass is 16.1. The van der Waals surface area contributed by atoms with E-state index < -0.39 is 0 Å². The van der Waals surface area contributed by atoms with E-state index in [1.165, 1.54) is 70.0 Å². The van der Waals surface area contributed by atoms with Crippen molar-refractivity contribution in [2.45, 2.75) is 95.9 Å². The van der Waals surface area contributed by atoms with Crippen molar-refractivity contribution in [2.75, 3.05) is 25.0 Å². The summed E-state index contributed by atoms with van der Waals surface area (Å²) in [7, 11) is 0. The van der Waals surface area contributed by atoms with Crippen LogP contribution in [0.25, 0.3) is 0 Å². The number of amides is 1. The number of anilines is 1. The van der Waals surface area contributed by atoms with Crippen LogP contribution in [0.3, 0.4) is 0 Å². The number of piperidine rings is 1. The number of benzene rings is 1. The van der Waals surface area contributed by atoms with Gasteiger partial charge >= 0.3 is 0 Å². The van der Waals surface area contributed by atoms with Gasteiger partial charge in [-0.15, -0.1) is 0 Å². The number of likely N-dealkylation sites (tertiary alicyclic amines) is 1. The Morgan fingerprint density at radius 1 is 0.970 bits per heavy atom. The molecular formula is C28H45N3O2. The lowest BCUT2D eigenvalue weighted by Gasteiger charge is -2.26. The number of hydrogen-bond acceptors (Lipinski definition) is 4. The van der Waals surface area contributed by atoms with E-state index in [1.54, 1.807) is 0 Å². The molecule has 1 heterocycles. The van der Waals surface area contributed by atoms with Crippen molar-refractivity contribution in [3.05, 3.63) is 29.8 Å². The zero-order valence-corrected chi connectivity index (χ0v) is 20.5. The lowest BCUT2D eigenvalue weighted by Crippen LogP contribution is -2.31. The van der Waals surface area contributed by atoms with Crippen molar-refractivity contribution in [3.63, 3.8) is 0 Å².